The summed E-state index contributed by atoms with van der Waals surface area (Å²) in [6.07, 6.45) is 4.05. The Bertz CT molecular complexity index is 835. The maximum atomic E-state index is 6.41. The smallest absolute Gasteiger partial charge is 0.160 e. The van der Waals surface area contributed by atoms with Crippen LogP contribution >= 0.6 is 11.6 Å². The molecule has 1 aromatic carbocycles. The van der Waals surface area contributed by atoms with Crippen molar-refractivity contribution in [3.8, 4) is 0 Å². The highest BCUT2D eigenvalue weighted by atomic mass is 35.5. The number of pyridine rings is 1. The first kappa shape index (κ1) is 16.6. The second-order valence-corrected chi connectivity index (χ2v) is 7.45. The number of hydrogen-bond acceptors (Lipinski definition) is 3. The third kappa shape index (κ3) is 3.42. The normalized spacial score (nSPS) is 17.8. The zero-order valence-electron chi connectivity index (χ0n) is 14.5. The van der Waals surface area contributed by atoms with Gasteiger partial charge in [0.1, 0.15) is 11.3 Å². The number of alkyl halides is 1. The zero-order chi connectivity index (χ0) is 17.2. The van der Waals surface area contributed by atoms with Crippen LogP contribution in [0.4, 0.5) is 0 Å². The van der Waals surface area contributed by atoms with Gasteiger partial charge in [0, 0.05) is 31.9 Å². The first-order valence-corrected chi connectivity index (χ1v) is 9.39. The molecule has 130 valence electrons. The van der Waals surface area contributed by atoms with Crippen LogP contribution in [0.3, 0.4) is 0 Å². The number of piperidine rings is 1. The van der Waals surface area contributed by atoms with Crippen molar-refractivity contribution in [1.82, 2.24) is 19.4 Å². The lowest BCUT2D eigenvalue weighted by Crippen LogP contribution is -2.34. The number of halogens is 1. The lowest BCUT2D eigenvalue weighted by molar-refractivity contribution is 0.179. The third-order valence-corrected chi connectivity index (χ3v) is 5.20. The number of hydrogen-bond donors (Lipinski definition) is 0. The molecule has 1 aliphatic rings. The van der Waals surface area contributed by atoms with Gasteiger partial charge >= 0.3 is 0 Å². The van der Waals surface area contributed by atoms with Crippen molar-refractivity contribution in [2.75, 3.05) is 13.1 Å². The SMILES string of the molecule is CC(Cl)c1nc2cccnc2n1C1CCN(Cc2ccccc2)CC1. The summed E-state index contributed by atoms with van der Waals surface area (Å²) in [5, 5.41) is -0.114. The second-order valence-electron chi connectivity index (χ2n) is 6.80. The number of fused-ring (bicyclic) bond motifs is 1. The van der Waals surface area contributed by atoms with Gasteiger partial charge < -0.3 is 4.57 Å². The standard InChI is InChI=1S/C20H23ClN4/c1-15(21)19-23-18-8-5-11-22-20(18)25(19)17-9-12-24(13-10-17)14-16-6-3-2-4-7-16/h2-8,11,15,17H,9-10,12-14H2,1H3. The van der Waals surface area contributed by atoms with Crippen LogP contribution in [0.5, 0.6) is 0 Å². The quantitative estimate of drug-likeness (QED) is 0.644. The van der Waals surface area contributed by atoms with Crippen molar-refractivity contribution < 1.29 is 0 Å². The summed E-state index contributed by atoms with van der Waals surface area (Å²) in [4.78, 5) is 11.8. The molecular formula is C20H23ClN4. The van der Waals surface area contributed by atoms with Gasteiger partial charge in [0.25, 0.3) is 0 Å². The largest absolute Gasteiger partial charge is 0.308 e. The molecule has 1 fully saturated rings. The molecule has 0 spiro atoms. The van der Waals surface area contributed by atoms with E-state index in [1.807, 2.05) is 25.3 Å². The van der Waals surface area contributed by atoms with Crippen molar-refractivity contribution in [3.05, 3.63) is 60.0 Å². The highest BCUT2D eigenvalue weighted by Gasteiger charge is 2.26. The molecule has 1 saturated heterocycles. The average molecular weight is 355 g/mol. The molecule has 5 heteroatoms. The summed E-state index contributed by atoms with van der Waals surface area (Å²) in [5.74, 6) is 0.942. The van der Waals surface area contributed by atoms with E-state index in [0.29, 0.717) is 6.04 Å². The fourth-order valence-electron chi connectivity index (χ4n) is 3.77. The van der Waals surface area contributed by atoms with E-state index in [-0.39, 0.29) is 5.38 Å². The van der Waals surface area contributed by atoms with Crippen molar-refractivity contribution in [3.63, 3.8) is 0 Å². The summed E-state index contributed by atoms with van der Waals surface area (Å²) < 4.78 is 2.28. The molecule has 1 aliphatic heterocycles. The second kappa shape index (κ2) is 7.14. The van der Waals surface area contributed by atoms with Crippen LogP contribution in [0, 0.1) is 0 Å². The van der Waals surface area contributed by atoms with E-state index in [4.69, 9.17) is 16.6 Å². The van der Waals surface area contributed by atoms with Crippen molar-refractivity contribution in [2.24, 2.45) is 0 Å². The van der Waals surface area contributed by atoms with Gasteiger partial charge in [0.2, 0.25) is 0 Å². The van der Waals surface area contributed by atoms with Crippen LogP contribution in [-0.2, 0) is 6.54 Å². The minimum Gasteiger partial charge on any atom is -0.308 e. The average Bonchev–Trinajstić information content (AvgIpc) is 3.03. The van der Waals surface area contributed by atoms with E-state index >= 15 is 0 Å². The highest BCUT2D eigenvalue weighted by molar-refractivity contribution is 6.20. The number of aromatic nitrogens is 3. The van der Waals surface area contributed by atoms with Crippen LogP contribution < -0.4 is 0 Å². The molecule has 0 aliphatic carbocycles. The van der Waals surface area contributed by atoms with Crippen LogP contribution in [-0.4, -0.2) is 32.5 Å². The molecular weight excluding hydrogens is 332 g/mol. The van der Waals surface area contributed by atoms with Crippen molar-refractivity contribution >= 4 is 22.8 Å². The van der Waals surface area contributed by atoms with E-state index in [2.05, 4.69) is 44.8 Å². The highest BCUT2D eigenvalue weighted by Crippen LogP contribution is 2.32. The van der Waals surface area contributed by atoms with E-state index in [9.17, 15) is 0 Å². The Hall–Kier alpha value is -1.91. The van der Waals surface area contributed by atoms with Crippen LogP contribution in [0.2, 0.25) is 0 Å². The number of benzene rings is 1. The van der Waals surface area contributed by atoms with Gasteiger partial charge in [-0.1, -0.05) is 30.3 Å². The molecule has 0 saturated carbocycles. The zero-order valence-corrected chi connectivity index (χ0v) is 15.2. The fourth-order valence-corrected chi connectivity index (χ4v) is 3.92. The van der Waals surface area contributed by atoms with Crippen LogP contribution in [0.1, 0.15) is 42.6 Å². The Morgan fingerprint density at radius 1 is 1.12 bits per heavy atom. The monoisotopic (exact) mass is 354 g/mol. The molecule has 25 heavy (non-hydrogen) atoms. The molecule has 2 aromatic heterocycles. The minimum absolute atomic E-state index is 0.114. The maximum Gasteiger partial charge on any atom is 0.160 e. The first-order chi connectivity index (χ1) is 12.2. The lowest BCUT2D eigenvalue weighted by atomic mass is 10.0. The topological polar surface area (TPSA) is 34.0 Å². The maximum absolute atomic E-state index is 6.41. The number of rotatable bonds is 4. The lowest BCUT2D eigenvalue weighted by Gasteiger charge is -2.33. The molecule has 3 aromatic rings. The number of nitrogens with zero attached hydrogens (tertiary/aromatic N) is 4. The van der Waals surface area contributed by atoms with Gasteiger partial charge in [-0.2, -0.15) is 0 Å². The molecule has 1 unspecified atom stereocenters. The van der Waals surface area contributed by atoms with Crippen molar-refractivity contribution in [1.29, 1.82) is 0 Å². The Kier molecular flexibility index (Phi) is 4.73. The van der Waals surface area contributed by atoms with Gasteiger partial charge in [-0.05, 0) is 37.5 Å². The molecule has 4 nitrogen and oxygen atoms in total. The summed E-state index contributed by atoms with van der Waals surface area (Å²) in [6, 6.07) is 15.1. The third-order valence-electron chi connectivity index (χ3n) is 5.00. The van der Waals surface area contributed by atoms with E-state index < -0.39 is 0 Å². The molecule has 1 atom stereocenters. The number of imidazole rings is 1. The van der Waals surface area contributed by atoms with Crippen LogP contribution in [0.25, 0.3) is 11.2 Å². The molecule has 0 N–H and O–H groups in total. The van der Waals surface area contributed by atoms with E-state index in [1.165, 1.54) is 5.56 Å². The van der Waals surface area contributed by atoms with Gasteiger partial charge in [-0.3, -0.25) is 4.90 Å². The molecule has 0 amide bonds. The Labute approximate surface area is 153 Å². The molecule has 0 bridgehead atoms. The minimum atomic E-state index is -0.114. The predicted molar refractivity (Wildman–Crippen MR) is 102 cm³/mol. The Morgan fingerprint density at radius 3 is 2.60 bits per heavy atom. The van der Waals surface area contributed by atoms with Gasteiger partial charge in [0.15, 0.2) is 5.65 Å². The fraction of sp³-hybridized carbons (Fsp3) is 0.400. The Balaban J connectivity index is 1.53. The van der Waals surface area contributed by atoms with Gasteiger partial charge in [-0.25, -0.2) is 9.97 Å². The Morgan fingerprint density at radius 2 is 1.88 bits per heavy atom. The number of likely N-dealkylation sites (tertiary alicyclic amines) is 1. The summed E-state index contributed by atoms with van der Waals surface area (Å²) >= 11 is 6.41. The summed E-state index contributed by atoms with van der Waals surface area (Å²) in [6.45, 7) is 5.18. The van der Waals surface area contributed by atoms with Gasteiger partial charge in [-0.15, -0.1) is 11.6 Å². The van der Waals surface area contributed by atoms with E-state index in [0.717, 1.165) is 49.5 Å². The molecule has 0 radical (unpaired) electrons. The molecule has 4 rings (SSSR count). The summed E-state index contributed by atoms with van der Waals surface area (Å²) in [7, 11) is 0. The van der Waals surface area contributed by atoms with Gasteiger partial charge in [0.05, 0.1) is 5.38 Å². The van der Waals surface area contributed by atoms with Crippen LogP contribution in [0.15, 0.2) is 48.7 Å². The molecule has 3 heterocycles. The van der Waals surface area contributed by atoms with E-state index in [1.54, 1.807) is 0 Å². The summed E-state index contributed by atoms with van der Waals surface area (Å²) in [5.41, 5.74) is 3.29. The first-order valence-electron chi connectivity index (χ1n) is 8.95. The predicted octanol–water partition coefficient (Wildman–Crippen LogP) is 4.57. The van der Waals surface area contributed by atoms with Crippen molar-refractivity contribution in [2.45, 2.75) is 37.7 Å².